The van der Waals surface area contributed by atoms with Crippen LogP contribution in [0.2, 0.25) is 0 Å². The van der Waals surface area contributed by atoms with Crippen LogP contribution < -0.4 is 10.9 Å². The van der Waals surface area contributed by atoms with Crippen molar-refractivity contribution in [3.63, 3.8) is 0 Å². The Bertz CT molecular complexity index is 1040. The molecule has 3 aromatic rings. The Morgan fingerprint density at radius 1 is 1.07 bits per heavy atom. The van der Waals surface area contributed by atoms with Crippen LogP contribution in [-0.2, 0) is 4.79 Å². The zero-order valence-electron chi connectivity index (χ0n) is 16.3. The molecule has 29 heavy (non-hydrogen) atoms. The second-order valence-corrected chi connectivity index (χ2v) is 7.67. The van der Waals surface area contributed by atoms with E-state index in [1.807, 2.05) is 54.6 Å². The van der Waals surface area contributed by atoms with Gasteiger partial charge >= 0.3 is 0 Å². The first kappa shape index (κ1) is 20.5. The van der Waals surface area contributed by atoms with E-state index < -0.39 is 0 Å². The van der Waals surface area contributed by atoms with Crippen LogP contribution in [0.1, 0.15) is 36.6 Å². The Balaban J connectivity index is 1.55. The predicted molar refractivity (Wildman–Crippen MR) is 118 cm³/mol. The number of benzene rings is 2. The van der Waals surface area contributed by atoms with Gasteiger partial charge in [-0.25, -0.2) is 0 Å². The largest absolute Gasteiger partial charge is 0.325 e. The number of nitrogens with one attached hydrogen (secondary N) is 2. The standard InChI is InChI=1S/C22H22N4O2S/c1-15(2)17-9-11-18(12-10-17)23-20(27)14-29-22-24-21(28)19(25-26-22)13-8-16-6-4-3-5-7-16/h3-13,15H,14H2,1-2H3,(H,23,27)(H,24,26,28)/b13-8+. The molecule has 0 atom stereocenters. The third kappa shape index (κ3) is 6.15. The monoisotopic (exact) mass is 406 g/mol. The molecule has 0 saturated carbocycles. The molecule has 7 heteroatoms. The molecule has 0 aliphatic carbocycles. The lowest BCUT2D eigenvalue weighted by molar-refractivity contribution is -0.113. The first-order valence-electron chi connectivity index (χ1n) is 9.24. The van der Waals surface area contributed by atoms with Crippen LogP contribution in [-0.4, -0.2) is 26.8 Å². The lowest BCUT2D eigenvalue weighted by atomic mass is 10.0. The van der Waals surface area contributed by atoms with E-state index in [9.17, 15) is 9.59 Å². The molecule has 2 N–H and O–H groups in total. The quantitative estimate of drug-likeness (QED) is 0.575. The molecule has 0 aliphatic heterocycles. The summed E-state index contributed by atoms with van der Waals surface area (Å²) in [6, 6.07) is 17.4. The molecule has 0 unspecified atom stereocenters. The van der Waals surface area contributed by atoms with Crippen LogP contribution in [0.25, 0.3) is 12.2 Å². The average molecular weight is 407 g/mol. The minimum atomic E-state index is -0.348. The Morgan fingerprint density at radius 3 is 2.45 bits per heavy atom. The number of aromatic nitrogens is 3. The van der Waals surface area contributed by atoms with Gasteiger partial charge in [0, 0.05) is 5.69 Å². The molecule has 148 valence electrons. The number of thioether (sulfide) groups is 1. The maximum absolute atomic E-state index is 12.2. The molecule has 0 bridgehead atoms. The maximum Gasteiger partial charge on any atom is 0.277 e. The van der Waals surface area contributed by atoms with Gasteiger partial charge in [-0.15, -0.1) is 10.2 Å². The van der Waals surface area contributed by atoms with E-state index in [4.69, 9.17) is 0 Å². The molecule has 0 radical (unpaired) electrons. The lowest BCUT2D eigenvalue weighted by Crippen LogP contribution is -2.17. The third-order valence-electron chi connectivity index (χ3n) is 4.14. The molecule has 1 aromatic heterocycles. The number of hydrogen-bond acceptors (Lipinski definition) is 5. The average Bonchev–Trinajstić information content (AvgIpc) is 2.73. The van der Waals surface area contributed by atoms with Gasteiger partial charge in [0.15, 0.2) is 10.9 Å². The van der Waals surface area contributed by atoms with Crippen LogP contribution in [0.3, 0.4) is 0 Å². The van der Waals surface area contributed by atoms with Gasteiger partial charge in [0.25, 0.3) is 5.56 Å². The molecule has 3 rings (SSSR count). The Labute approximate surface area is 173 Å². The molecule has 0 aliphatic rings. The van der Waals surface area contributed by atoms with Gasteiger partial charge in [0.2, 0.25) is 5.91 Å². The van der Waals surface area contributed by atoms with Crippen molar-refractivity contribution in [2.24, 2.45) is 0 Å². The highest BCUT2D eigenvalue weighted by molar-refractivity contribution is 7.99. The molecule has 0 fully saturated rings. The SMILES string of the molecule is CC(C)c1ccc(NC(=O)CSc2nnc(/C=C/c3ccccc3)c(=O)[nH]2)cc1. The first-order chi connectivity index (χ1) is 14.0. The highest BCUT2D eigenvalue weighted by Gasteiger charge is 2.08. The number of aromatic amines is 1. The van der Waals surface area contributed by atoms with Crippen molar-refractivity contribution in [3.8, 4) is 0 Å². The summed E-state index contributed by atoms with van der Waals surface area (Å²) in [6.45, 7) is 4.24. The molecule has 2 aromatic carbocycles. The van der Waals surface area contributed by atoms with E-state index in [-0.39, 0.29) is 22.9 Å². The Morgan fingerprint density at radius 2 is 1.79 bits per heavy atom. The van der Waals surface area contributed by atoms with Gasteiger partial charge < -0.3 is 5.32 Å². The van der Waals surface area contributed by atoms with E-state index in [2.05, 4.69) is 34.3 Å². The van der Waals surface area contributed by atoms with Crippen molar-refractivity contribution in [2.75, 3.05) is 11.1 Å². The smallest absolute Gasteiger partial charge is 0.277 e. The molecule has 1 amide bonds. The lowest BCUT2D eigenvalue weighted by Gasteiger charge is -2.08. The number of hydrogen-bond donors (Lipinski definition) is 2. The molecule has 1 heterocycles. The molecular weight excluding hydrogens is 384 g/mol. The summed E-state index contributed by atoms with van der Waals surface area (Å²) >= 11 is 1.13. The maximum atomic E-state index is 12.2. The number of rotatable bonds is 7. The van der Waals surface area contributed by atoms with Crippen LogP contribution in [0.15, 0.2) is 64.5 Å². The van der Waals surface area contributed by atoms with Crippen molar-refractivity contribution in [1.82, 2.24) is 15.2 Å². The van der Waals surface area contributed by atoms with E-state index in [1.165, 1.54) is 5.56 Å². The van der Waals surface area contributed by atoms with E-state index in [1.54, 1.807) is 12.2 Å². The fraction of sp³-hybridized carbons (Fsp3) is 0.182. The predicted octanol–water partition coefficient (Wildman–Crippen LogP) is 4.19. The van der Waals surface area contributed by atoms with Crippen LogP contribution in [0, 0.1) is 0 Å². The Hall–Kier alpha value is -3.19. The van der Waals surface area contributed by atoms with Gasteiger partial charge in [-0.3, -0.25) is 14.6 Å². The van der Waals surface area contributed by atoms with Crippen LogP contribution in [0.4, 0.5) is 5.69 Å². The summed E-state index contributed by atoms with van der Waals surface area (Å²) in [6.07, 6.45) is 3.41. The Kier molecular flexibility index (Phi) is 6.97. The van der Waals surface area contributed by atoms with Gasteiger partial charge in [0.1, 0.15) is 0 Å². The minimum Gasteiger partial charge on any atom is -0.325 e. The van der Waals surface area contributed by atoms with E-state index >= 15 is 0 Å². The number of carbonyl (C=O) groups is 1. The fourth-order valence-electron chi connectivity index (χ4n) is 2.53. The van der Waals surface area contributed by atoms with E-state index in [0.717, 1.165) is 23.0 Å². The summed E-state index contributed by atoms with van der Waals surface area (Å²) < 4.78 is 0. The summed E-state index contributed by atoms with van der Waals surface area (Å²) in [5.74, 6) is 0.384. The second kappa shape index (κ2) is 9.84. The number of nitrogens with zero attached hydrogens (tertiary/aromatic N) is 2. The molecule has 0 spiro atoms. The molecule has 0 saturated heterocycles. The fourth-order valence-corrected chi connectivity index (χ4v) is 3.13. The zero-order chi connectivity index (χ0) is 20.6. The number of carbonyl (C=O) groups excluding carboxylic acids is 1. The first-order valence-corrected chi connectivity index (χ1v) is 10.2. The summed E-state index contributed by atoms with van der Waals surface area (Å²) in [4.78, 5) is 26.9. The van der Waals surface area contributed by atoms with Gasteiger partial charge in [-0.1, -0.05) is 74.1 Å². The highest BCUT2D eigenvalue weighted by atomic mass is 32.2. The molecular formula is C22H22N4O2S. The second-order valence-electron chi connectivity index (χ2n) is 6.70. The van der Waals surface area contributed by atoms with Crippen LogP contribution in [0.5, 0.6) is 0 Å². The number of amides is 1. The molecule has 6 nitrogen and oxygen atoms in total. The van der Waals surface area contributed by atoms with Gasteiger partial charge in [0.05, 0.1) is 5.75 Å². The summed E-state index contributed by atoms with van der Waals surface area (Å²) in [7, 11) is 0. The van der Waals surface area contributed by atoms with Crippen molar-refractivity contribution < 1.29 is 4.79 Å². The van der Waals surface area contributed by atoms with E-state index in [0.29, 0.717) is 11.1 Å². The topological polar surface area (TPSA) is 87.7 Å². The summed E-state index contributed by atoms with van der Waals surface area (Å²) in [5, 5.41) is 11.1. The zero-order valence-corrected chi connectivity index (χ0v) is 17.1. The minimum absolute atomic E-state index is 0.121. The van der Waals surface area contributed by atoms with Gasteiger partial charge in [-0.2, -0.15) is 0 Å². The van der Waals surface area contributed by atoms with Crippen molar-refractivity contribution in [3.05, 3.63) is 81.8 Å². The summed E-state index contributed by atoms with van der Waals surface area (Å²) in [5.41, 5.74) is 2.78. The van der Waals surface area contributed by atoms with Crippen molar-refractivity contribution in [2.45, 2.75) is 24.9 Å². The normalized spacial score (nSPS) is 11.1. The number of H-pyrrole nitrogens is 1. The van der Waals surface area contributed by atoms with Crippen molar-refractivity contribution in [1.29, 1.82) is 0 Å². The van der Waals surface area contributed by atoms with Gasteiger partial charge in [-0.05, 0) is 35.3 Å². The van der Waals surface area contributed by atoms with Crippen LogP contribution >= 0.6 is 11.8 Å². The highest BCUT2D eigenvalue weighted by Crippen LogP contribution is 2.18. The number of anilines is 1. The van der Waals surface area contributed by atoms with Crippen molar-refractivity contribution >= 4 is 35.5 Å². The third-order valence-corrected chi connectivity index (χ3v) is 5.00.